The maximum atomic E-state index is 11.4. The lowest BCUT2D eigenvalue weighted by molar-refractivity contribution is 0.0480. The van der Waals surface area contributed by atoms with Gasteiger partial charge in [-0.05, 0) is 20.8 Å². The van der Waals surface area contributed by atoms with Crippen molar-refractivity contribution < 1.29 is 14.6 Å². The van der Waals surface area contributed by atoms with Crippen LogP contribution in [0.3, 0.4) is 0 Å². The van der Waals surface area contributed by atoms with Gasteiger partial charge in [0, 0.05) is 0 Å². The molecular formula is C10H17N3O3. The van der Waals surface area contributed by atoms with Crippen molar-refractivity contribution in [3.8, 4) is 0 Å². The highest BCUT2D eigenvalue weighted by atomic mass is 16.6. The lowest BCUT2D eigenvalue weighted by Crippen LogP contribution is -2.36. The normalized spacial score (nSPS) is 13.2. The first-order valence-electron chi connectivity index (χ1n) is 5.01. The first-order chi connectivity index (χ1) is 7.42. The van der Waals surface area contributed by atoms with Gasteiger partial charge in [-0.15, -0.1) is 0 Å². The second-order valence-electron chi connectivity index (χ2n) is 4.39. The molecule has 1 aromatic rings. The fourth-order valence-corrected chi connectivity index (χ4v) is 1.13. The van der Waals surface area contributed by atoms with Gasteiger partial charge in [-0.2, -0.15) is 0 Å². The first-order valence-corrected chi connectivity index (χ1v) is 5.01. The van der Waals surface area contributed by atoms with E-state index in [2.05, 4.69) is 15.3 Å². The molecule has 1 amide bonds. The van der Waals surface area contributed by atoms with Gasteiger partial charge in [0.1, 0.15) is 5.60 Å². The van der Waals surface area contributed by atoms with Gasteiger partial charge >= 0.3 is 6.09 Å². The van der Waals surface area contributed by atoms with Crippen LogP contribution in [0.15, 0.2) is 12.5 Å². The second kappa shape index (κ2) is 4.98. The van der Waals surface area contributed by atoms with Gasteiger partial charge in [-0.1, -0.05) is 0 Å². The first kappa shape index (κ1) is 12.5. The number of aliphatic hydroxyl groups excluding tert-OH is 1. The zero-order valence-corrected chi connectivity index (χ0v) is 9.65. The molecule has 6 heteroatoms. The van der Waals surface area contributed by atoms with Crippen LogP contribution >= 0.6 is 0 Å². The summed E-state index contributed by atoms with van der Waals surface area (Å²) in [7, 11) is 0. The molecule has 0 aliphatic rings. The van der Waals surface area contributed by atoms with Crippen LogP contribution in [0.4, 0.5) is 4.79 Å². The Morgan fingerprint density at radius 3 is 2.81 bits per heavy atom. The molecule has 1 atom stereocenters. The van der Waals surface area contributed by atoms with Crippen LogP contribution in [0.5, 0.6) is 0 Å². The molecule has 90 valence electrons. The van der Waals surface area contributed by atoms with E-state index < -0.39 is 17.7 Å². The Hall–Kier alpha value is -1.56. The maximum Gasteiger partial charge on any atom is 0.408 e. The monoisotopic (exact) mass is 227 g/mol. The Kier molecular flexibility index (Phi) is 3.89. The number of hydrogen-bond donors (Lipinski definition) is 3. The third kappa shape index (κ3) is 3.90. The number of rotatable bonds is 3. The predicted molar refractivity (Wildman–Crippen MR) is 57.8 cm³/mol. The Morgan fingerprint density at radius 2 is 2.38 bits per heavy atom. The molecule has 1 rings (SSSR count). The minimum atomic E-state index is -0.568. The highest BCUT2D eigenvalue weighted by Crippen LogP contribution is 2.11. The summed E-state index contributed by atoms with van der Waals surface area (Å²) in [6, 6.07) is -0.530. The van der Waals surface area contributed by atoms with Gasteiger partial charge < -0.3 is 20.1 Å². The molecule has 0 aliphatic heterocycles. The topological polar surface area (TPSA) is 87.2 Å². The minimum Gasteiger partial charge on any atom is -0.444 e. The van der Waals surface area contributed by atoms with Crippen LogP contribution in [0.2, 0.25) is 0 Å². The van der Waals surface area contributed by atoms with Gasteiger partial charge in [0.05, 0.1) is 30.9 Å². The molecule has 0 aromatic carbocycles. The predicted octanol–water partition coefficient (Wildman–Crippen LogP) is 0.968. The van der Waals surface area contributed by atoms with E-state index in [-0.39, 0.29) is 6.61 Å². The summed E-state index contributed by atoms with van der Waals surface area (Å²) in [5, 5.41) is 11.7. The van der Waals surface area contributed by atoms with Gasteiger partial charge in [-0.25, -0.2) is 9.78 Å². The van der Waals surface area contributed by atoms with E-state index in [9.17, 15) is 4.79 Å². The summed E-state index contributed by atoms with van der Waals surface area (Å²) in [5.41, 5.74) is 0.0753. The number of amides is 1. The summed E-state index contributed by atoms with van der Waals surface area (Å²) in [6.07, 6.45) is 2.45. The van der Waals surface area contributed by atoms with E-state index in [0.29, 0.717) is 5.69 Å². The molecule has 0 unspecified atom stereocenters. The molecule has 1 aromatic heterocycles. The Morgan fingerprint density at radius 1 is 1.69 bits per heavy atom. The molecule has 0 spiro atoms. The number of aromatic amines is 1. The Balaban J connectivity index is 2.55. The number of hydrogen-bond acceptors (Lipinski definition) is 4. The molecule has 0 fully saturated rings. The molecule has 16 heavy (non-hydrogen) atoms. The molecule has 0 radical (unpaired) electrons. The highest BCUT2D eigenvalue weighted by molar-refractivity contribution is 5.68. The molecule has 0 saturated heterocycles. The molecular weight excluding hydrogens is 210 g/mol. The molecule has 6 nitrogen and oxygen atoms in total. The Labute approximate surface area is 94.0 Å². The van der Waals surface area contributed by atoms with Crippen molar-refractivity contribution in [3.05, 3.63) is 18.2 Å². The number of carbonyl (C=O) groups is 1. The van der Waals surface area contributed by atoms with Crippen LogP contribution in [0, 0.1) is 0 Å². The van der Waals surface area contributed by atoms with Crippen molar-refractivity contribution in [3.63, 3.8) is 0 Å². The minimum absolute atomic E-state index is 0.221. The van der Waals surface area contributed by atoms with Gasteiger partial charge in [0.2, 0.25) is 0 Å². The summed E-state index contributed by atoms with van der Waals surface area (Å²) in [6.45, 7) is 5.10. The summed E-state index contributed by atoms with van der Waals surface area (Å²) >= 11 is 0. The fourth-order valence-electron chi connectivity index (χ4n) is 1.13. The van der Waals surface area contributed by atoms with E-state index >= 15 is 0 Å². The second-order valence-corrected chi connectivity index (χ2v) is 4.39. The van der Waals surface area contributed by atoms with Crippen LogP contribution in [-0.4, -0.2) is 33.4 Å². The fraction of sp³-hybridized carbons (Fsp3) is 0.600. The standard InChI is InChI=1S/C10H17N3O3/c1-10(2,3)16-9(15)13-8(5-14)7-4-11-6-12-7/h4,6,8,14H,5H2,1-3H3,(H,11,12)(H,13,15)/t8-/m0/s1. The zero-order valence-electron chi connectivity index (χ0n) is 9.65. The Bertz CT molecular complexity index is 330. The molecule has 3 N–H and O–H groups in total. The van der Waals surface area contributed by atoms with Crippen LogP contribution < -0.4 is 5.32 Å². The zero-order chi connectivity index (χ0) is 12.2. The number of ether oxygens (including phenoxy) is 1. The van der Waals surface area contributed by atoms with Crippen LogP contribution in [0.1, 0.15) is 32.5 Å². The van der Waals surface area contributed by atoms with Crippen molar-refractivity contribution in [2.75, 3.05) is 6.61 Å². The van der Waals surface area contributed by atoms with E-state index in [1.54, 1.807) is 20.8 Å². The number of imidazole rings is 1. The third-order valence-electron chi connectivity index (χ3n) is 1.77. The van der Waals surface area contributed by atoms with E-state index in [1.807, 2.05) is 0 Å². The average Bonchev–Trinajstić information content (AvgIpc) is 2.63. The SMILES string of the molecule is CC(C)(C)OC(=O)N[C@@H](CO)c1cnc[nH]1. The number of nitrogens with one attached hydrogen (secondary N) is 2. The van der Waals surface area contributed by atoms with E-state index in [0.717, 1.165) is 0 Å². The van der Waals surface area contributed by atoms with E-state index in [1.165, 1.54) is 12.5 Å². The molecule has 0 saturated carbocycles. The lowest BCUT2D eigenvalue weighted by atomic mass is 10.2. The van der Waals surface area contributed by atoms with Crippen LogP contribution in [-0.2, 0) is 4.74 Å². The number of alkyl carbamates (subject to hydrolysis) is 1. The number of H-pyrrole nitrogens is 1. The summed E-state index contributed by atoms with van der Waals surface area (Å²) in [4.78, 5) is 18.1. The van der Waals surface area contributed by atoms with Crippen molar-refractivity contribution in [2.24, 2.45) is 0 Å². The number of nitrogens with zero attached hydrogens (tertiary/aromatic N) is 1. The molecule has 1 heterocycles. The maximum absolute atomic E-state index is 11.4. The smallest absolute Gasteiger partial charge is 0.408 e. The van der Waals surface area contributed by atoms with Gasteiger partial charge in [0.15, 0.2) is 0 Å². The molecule has 0 aliphatic carbocycles. The van der Waals surface area contributed by atoms with Crippen LogP contribution in [0.25, 0.3) is 0 Å². The largest absolute Gasteiger partial charge is 0.444 e. The average molecular weight is 227 g/mol. The van der Waals surface area contributed by atoms with Crippen molar-refractivity contribution in [1.29, 1.82) is 0 Å². The van der Waals surface area contributed by atoms with Gasteiger partial charge in [0.25, 0.3) is 0 Å². The highest BCUT2D eigenvalue weighted by Gasteiger charge is 2.20. The summed E-state index contributed by atoms with van der Waals surface area (Å²) < 4.78 is 5.07. The van der Waals surface area contributed by atoms with Crippen molar-refractivity contribution in [2.45, 2.75) is 32.4 Å². The number of carbonyl (C=O) groups excluding carboxylic acids is 1. The van der Waals surface area contributed by atoms with E-state index in [4.69, 9.17) is 9.84 Å². The number of aromatic nitrogens is 2. The van der Waals surface area contributed by atoms with Crippen molar-refractivity contribution in [1.82, 2.24) is 15.3 Å². The summed E-state index contributed by atoms with van der Waals surface area (Å²) in [5.74, 6) is 0. The third-order valence-corrected chi connectivity index (χ3v) is 1.77. The van der Waals surface area contributed by atoms with Crippen molar-refractivity contribution >= 4 is 6.09 Å². The number of aliphatic hydroxyl groups is 1. The molecule has 0 bridgehead atoms. The lowest BCUT2D eigenvalue weighted by Gasteiger charge is -2.22. The van der Waals surface area contributed by atoms with Gasteiger partial charge in [-0.3, -0.25) is 0 Å². The quantitative estimate of drug-likeness (QED) is 0.718.